The number of nitrogens with zero attached hydrogens (tertiary/aromatic N) is 1. The highest BCUT2D eigenvalue weighted by Crippen LogP contribution is 2.15. The summed E-state index contributed by atoms with van der Waals surface area (Å²) in [4.78, 5) is 4.00. The molecule has 0 fully saturated rings. The highest BCUT2D eigenvalue weighted by Gasteiger charge is 2.13. The van der Waals surface area contributed by atoms with Crippen LogP contribution in [0.15, 0.2) is 36.4 Å². The molecule has 0 spiro atoms. The van der Waals surface area contributed by atoms with E-state index < -0.39 is 0 Å². The molecule has 1 unspecified atom stereocenters. The van der Waals surface area contributed by atoms with Crippen LogP contribution in [0.5, 0.6) is 0 Å². The van der Waals surface area contributed by atoms with Gasteiger partial charge in [0, 0.05) is 12.4 Å². The Morgan fingerprint density at radius 1 is 1.38 bits per heavy atom. The Kier molecular flexibility index (Phi) is 3.94. The van der Waals surface area contributed by atoms with Gasteiger partial charge in [-0.05, 0) is 49.5 Å². The van der Waals surface area contributed by atoms with Gasteiger partial charge in [-0.3, -0.25) is 4.98 Å². The molecule has 16 heavy (non-hydrogen) atoms. The summed E-state index contributed by atoms with van der Waals surface area (Å²) < 4.78 is 5.55. The molecule has 1 aromatic rings. The predicted octanol–water partition coefficient (Wildman–Crippen LogP) is 2.04. The van der Waals surface area contributed by atoms with E-state index in [4.69, 9.17) is 10.5 Å². The fourth-order valence-electron chi connectivity index (χ4n) is 1.85. The molecular weight excluding hydrogens is 200 g/mol. The SMILES string of the molecule is NC(CCc1ccncc1)C1=CCCCO1. The second-order valence-corrected chi connectivity index (χ2v) is 4.10. The molecular formula is C13H18N2O. The van der Waals surface area contributed by atoms with Crippen molar-refractivity contribution in [3.05, 3.63) is 41.9 Å². The van der Waals surface area contributed by atoms with Gasteiger partial charge in [0.25, 0.3) is 0 Å². The van der Waals surface area contributed by atoms with Crippen LogP contribution in [0.4, 0.5) is 0 Å². The van der Waals surface area contributed by atoms with Gasteiger partial charge >= 0.3 is 0 Å². The Bertz CT molecular complexity index is 348. The van der Waals surface area contributed by atoms with Crippen molar-refractivity contribution in [2.75, 3.05) is 6.61 Å². The molecule has 2 N–H and O–H groups in total. The molecule has 86 valence electrons. The van der Waals surface area contributed by atoms with Gasteiger partial charge in [-0.1, -0.05) is 0 Å². The lowest BCUT2D eigenvalue weighted by Gasteiger charge is -2.20. The second kappa shape index (κ2) is 5.66. The molecule has 3 nitrogen and oxygen atoms in total. The topological polar surface area (TPSA) is 48.1 Å². The number of rotatable bonds is 4. The summed E-state index contributed by atoms with van der Waals surface area (Å²) in [7, 11) is 0. The first-order valence-electron chi connectivity index (χ1n) is 5.83. The van der Waals surface area contributed by atoms with Crippen molar-refractivity contribution in [2.45, 2.75) is 31.7 Å². The number of hydrogen-bond donors (Lipinski definition) is 1. The van der Waals surface area contributed by atoms with E-state index in [0.29, 0.717) is 0 Å². The first-order chi connectivity index (χ1) is 7.86. The summed E-state index contributed by atoms with van der Waals surface area (Å²) in [5, 5.41) is 0. The van der Waals surface area contributed by atoms with Crippen LogP contribution in [-0.2, 0) is 11.2 Å². The van der Waals surface area contributed by atoms with Crippen molar-refractivity contribution in [1.82, 2.24) is 4.98 Å². The van der Waals surface area contributed by atoms with Gasteiger partial charge in [-0.25, -0.2) is 0 Å². The molecule has 2 rings (SSSR count). The van der Waals surface area contributed by atoms with E-state index in [9.17, 15) is 0 Å². The highest BCUT2D eigenvalue weighted by atomic mass is 16.5. The molecule has 0 aliphatic carbocycles. The number of allylic oxidation sites excluding steroid dienone is 1. The molecule has 0 aromatic carbocycles. The molecule has 1 aliphatic heterocycles. The molecule has 0 bridgehead atoms. The van der Waals surface area contributed by atoms with Crippen LogP contribution in [-0.4, -0.2) is 17.6 Å². The fraction of sp³-hybridized carbons (Fsp3) is 0.462. The van der Waals surface area contributed by atoms with Crippen LogP contribution in [0.3, 0.4) is 0 Å². The van der Waals surface area contributed by atoms with Gasteiger partial charge in [0.2, 0.25) is 0 Å². The van der Waals surface area contributed by atoms with Crippen LogP contribution in [0.1, 0.15) is 24.8 Å². The molecule has 1 aromatic heterocycles. The first kappa shape index (κ1) is 11.1. The zero-order valence-electron chi connectivity index (χ0n) is 9.43. The van der Waals surface area contributed by atoms with Gasteiger partial charge in [-0.15, -0.1) is 0 Å². The van der Waals surface area contributed by atoms with Crippen molar-refractivity contribution in [3.8, 4) is 0 Å². The lowest BCUT2D eigenvalue weighted by atomic mass is 10.0. The summed E-state index contributed by atoms with van der Waals surface area (Å²) in [5.41, 5.74) is 7.37. The average Bonchev–Trinajstić information content (AvgIpc) is 2.38. The molecule has 0 amide bonds. The van der Waals surface area contributed by atoms with Crippen molar-refractivity contribution >= 4 is 0 Å². The van der Waals surface area contributed by atoms with E-state index in [-0.39, 0.29) is 6.04 Å². The Hall–Kier alpha value is -1.35. The Morgan fingerprint density at radius 2 is 2.19 bits per heavy atom. The molecule has 0 radical (unpaired) electrons. The monoisotopic (exact) mass is 218 g/mol. The number of hydrogen-bond acceptors (Lipinski definition) is 3. The Labute approximate surface area is 96.3 Å². The highest BCUT2D eigenvalue weighted by molar-refractivity contribution is 5.12. The van der Waals surface area contributed by atoms with Crippen LogP contribution in [0.2, 0.25) is 0 Å². The van der Waals surface area contributed by atoms with Gasteiger partial charge in [-0.2, -0.15) is 0 Å². The lowest BCUT2D eigenvalue weighted by Crippen LogP contribution is -2.26. The van der Waals surface area contributed by atoms with Gasteiger partial charge in [0.1, 0.15) is 5.76 Å². The number of pyridine rings is 1. The third-order valence-electron chi connectivity index (χ3n) is 2.82. The smallest absolute Gasteiger partial charge is 0.109 e. The molecule has 3 heteroatoms. The number of aromatic nitrogens is 1. The van der Waals surface area contributed by atoms with Gasteiger partial charge in [0.05, 0.1) is 12.6 Å². The Morgan fingerprint density at radius 3 is 2.88 bits per heavy atom. The van der Waals surface area contributed by atoms with E-state index in [2.05, 4.69) is 11.1 Å². The largest absolute Gasteiger partial charge is 0.497 e. The third kappa shape index (κ3) is 3.07. The molecule has 1 aliphatic rings. The summed E-state index contributed by atoms with van der Waals surface area (Å²) >= 11 is 0. The van der Waals surface area contributed by atoms with Crippen molar-refractivity contribution < 1.29 is 4.74 Å². The molecule has 2 heterocycles. The number of nitrogens with two attached hydrogens (primary N) is 1. The molecule has 1 atom stereocenters. The van der Waals surface area contributed by atoms with Crippen LogP contribution < -0.4 is 5.73 Å². The van der Waals surface area contributed by atoms with Crippen LogP contribution in [0, 0.1) is 0 Å². The van der Waals surface area contributed by atoms with Crippen molar-refractivity contribution in [1.29, 1.82) is 0 Å². The van der Waals surface area contributed by atoms with Crippen molar-refractivity contribution in [3.63, 3.8) is 0 Å². The zero-order chi connectivity index (χ0) is 11.2. The van der Waals surface area contributed by atoms with E-state index in [1.807, 2.05) is 24.5 Å². The van der Waals surface area contributed by atoms with Gasteiger partial charge < -0.3 is 10.5 Å². The lowest BCUT2D eigenvalue weighted by molar-refractivity contribution is 0.173. The molecule has 0 saturated heterocycles. The summed E-state index contributed by atoms with van der Waals surface area (Å²) in [6.07, 6.45) is 9.87. The Balaban J connectivity index is 1.83. The van der Waals surface area contributed by atoms with Gasteiger partial charge in [0.15, 0.2) is 0 Å². The maximum absolute atomic E-state index is 6.09. The van der Waals surface area contributed by atoms with E-state index in [1.54, 1.807) is 0 Å². The zero-order valence-corrected chi connectivity index (χ0v) is 9.43. The molecule has 0 saturated carbocycles. The minimum atomic E-state index is 0.0356. The summed E-state index contributed by atoms with van der Waals surface area (Å²) in [6, 6.07) is 4.10. The van der Waals surface area contributed by atoms with Crippen LogP contribution >= 0.6 is 0 Å². The summed E-state index contributed by atoms with van der Waals surface area (Å²) in [6.45, 7) is 0.814. The average molecular weight is 218 g/mol. The second-order valence-electron chi connectivity index (χ2n) is 4.10. The third-order valence-corrected chi connectivity index (χ3v) is 2.82. The minimum Gasteiger partial charge on any atom is -0.497 e. The maximum Gasteiger partial charge on any atom is 0.109 e. The number of ether oxygens (including phenoxy) is 1. The van der Waals surface area contributed by atoms with Crippen LogP contribution in [0.25, 0.3) is 0 Å². The predicted molar refractivity (Wildman–Crippen MR) is 63.8 cm³/mol. The number of aryl methyl sites for hydroxylation is 1. The summed E-state index contributed by atoms with van der Waals surface area (Å²) in [5.74, 6) is 0.973. The van der Waals surface area contributed by atoms with E-state index >= 15 is 0 Å². The standard InChI is InChI=1S/C13H18N2O/c14-12(13-3-1-2-10-16-13)5-4-11-6-8-15-9-7-11/h3,6-9,12H,1-2,4-5,10,14H2. The fourth-order valence-corrected chi connectivity index (χ4v) is 1.85. The maximum atomic E-state index is 6.09. The normalized spacial score (nSPS) is 17.4. The minimum absolute atomic E-state index is 0.0356. The first-order valence-corrected chi connectivity index (χ1v) is 5.83. The van der Waals surface area contributed by atoms with E-state index in [0.717, 1.165) is 38.0 Å². The van der Waals surface area contributed by atoms with E-state index in [1.165, 1.54) is 5.56 Å². The van der Waals surface area contributed by atoms with Crippen molar-refractivity contribution in [2.24, 2.45) is 5.73 Å². The quantitative estimate of drug-likeness (QED) is 0.841.